The van der Waals surface area contributed by atoms with Crippen LogP contribution in [0.3, 0.4) is 0 Å². The highest BCUT2D eigenvalue weighted by atomic mass is 16.3. The van der Waals surface area contributed by atoms with Crippen LogP contribution in [-0.2, 0) is 0 Å². The maximum atomic E-state index is 10.7. The Balaban J connectivity index is 1.73. The fourth-order valence-corrected chi connectivity index (χ4v) is 8.03. The SMILES string of the molecule is C=CC(O)[C@]1(C)CCC[C@@]2(C)C3CC[C@@H]4C[C@@]3(CCC12)CC4=C. The van der Waals surface area contributed by atoms with Crippen LogP contribution in [0.25, 0.3) is 0 Å². The highest BCUT2D eigenvalue weighted by molar-refractivity contribution is 5.22. The molecule has 4 rings (SSSR count). The first-order valence-electron chi connectivity index (χ1n) is 9.84. The van der Waals surface area contributed by atoms with Crippen molar-refractivity contribution < 1.29 is 5.11 Å². The summed E-state index contributed by atoms with van der Waals surface area (Å²) < 4.78 is 0. The van der Waals surface area contributed by atoms with Crippen LogP contribution in [0.4, 0.5) is 0 Å². The van der Waals surface area contributed by atoms with E-state index in [0.29, 0.717) is 16.7 Å². The Bertz CT molecular complexity index is 530. The number of aliphatic hydroxyl groups is 1. The molecular formula is C22H34O. The molecule has 1 N–H and O–H groups in total. The van der Waals surface area contributed by atoms with Gasteiger partial charge in [-0.05, 0) is 80.0 Å². The van der Waals surface area contributed by atoms with E-state index in [2.05, 4.69) is 27.0 Å². The van der Waals surface area contributed by atoms with E-state index >= 15 is 0 Å². The molecule has 1 nitrogen and oxygen atoms in total. The van der Waals surface area contributed by atoms with E-state index in [1.165, 1.54) is 51.4 Å². The summed E-state index contributed by atoms with van der Waals surface area (Å²) >= 11 is 0. The molecule has 0 radical (unpaired) electrons. The molecule has 4 aliphatic carbocycles. The summed E-state index contributed by atoms with van der Waals surface area (Å²) in [5.41, 5.74) is 2.55. The molecule has 4 aliphatic rings. The molecule has 0 heterocycles. The fourth-order valence-electron chi connectivity index (χ4n) is 8.03. The van der Waals surface area contributed by atoms with Crippen LogP contribution in [0.2, 0.25) is 0 Å². The summed E-state index contributed by atoms with van der Waals surface area (Å²) in [5.74, 6) is 2.32. The predicted octanol–water partition coefficient (Wildman–Crippen LogP) is 5.50. The van der Waals surface area contributed by atoms with Gasteiger partial charge in [0, 0.05) is 5.41 Å². The van der Waals surface area contributed by atoms with E-state index in [4.69, 9.17) is 0 Å². The minimum atomic E-state index is -0.351. The van der Waals surface area contributed by atoms with Gasteiger partial charge in [0.25, 0.3) is 0 Å². The molecule has 4 saturated carbocycles. The van der Waals surface area contributed by atoms with E-state index in [1.807, 2.05) is 0 Å². The van der Waals surface area contributed by atoms with Crippen LogP contribution in [0.5, 0.6) is 0 Å². The Morgan fingerprint density at radius 1 is 1.13 bits per heavy atom. The summed E-state index contributed by atoms with van der Waals surface area (Å²) in [7, 11) is 0. The third-order valence-corrected chi connectivity index (χ3v) is 9.00. The van der Waals surface area contributed by atoms with Crippen LogP contribution < -0.4 is 0 Å². The lowest BCUT2D eigenvalue weighted by atomic mass is 9.40. The van der Waals surface area contributed by atoms with Gasteiger partial charge < -0.3 is 5.11 Å². The zero-order valence-corrected chi connectivity index (χ0v) is 15.1. The zero-order chi connectivity index (χ0) is 16.5. The Morgan fingerprint density at radius 2 is 1.91 bits per heavy atom. The molecule has 2 bridgehead atoms. The van der Waals surface area contributed by atoms with Crippen molar-refractivity contribution in [2.45, 2.75) is 77.7 Å². The number of hydrogen-bond acceptors (Lipinski definition) is 1. The molecule has 4 fully saturated rings. The van der Waals surface area contributed by atoms with Gasteiger partial charge in [-0.25, -0.2) is 0 Å². The first-order chi connectivity index (χ1) is 10.9. The standard InChI is InChI=1S/C22H34O/c1-5-19(23)21(4)11-6-10-20(3)17(21)9-12-22-13-15(2)16(14-22)7-8-18(20)22/h5,16-19,23H,1-2,6-14H2,3-4H3/t16-,17?,18?,19?,20-,21-,22-/m1/s1. The van der Waals surface area contributed by atoms with Crippen LogP contribution in [0.15, 0.2) is 24.8 Å². The van der Waals surface area contributed by atoms with Crippen molar-refractivity contribution in [2.75, 3.05) is 0 Å². The second-order valence-corrected chi connectivity index (χ2v) is 9.87. The Hall–Kier alpha value is -0.560. The Kier molecular flexibility index (Phi) is 3.45. The predicted molar refractivity (Wildman–Crippen MR) is 96.0 cm³/mol. The van der Waals surface area contributed by atoms with E-state index < -0.39 is 0 Å². The van der Waals surface area contributed by atoms with Crippen molar-refractivity contribution in [1.29, 1.82) is 0 Å². The summed E-state index contributed by atoms with van der Waals surface area (Å²) in [5, 5.41) is 10.7. The highest BCUT2D eigenvalue weighted by Crippen LogP contribution is 2.72. The molecule has 3 unspecified atom stereocenters. The lowest BCUT2D eigenvalue weighted by molar-refractivity contribution is -0.169. The van der Waals surface area contributed by atoms with Crippen molar-refractivity contribution in [3.05, 3.63) is 24.8 Å². The van der Waals surface area contributed by atoms with Crippen LogP contribution in [0.1, 0.15) is 71.6 Å². The van der Waals surface area contributed by atoms with Gasteiger partial charge in [-0.3, -0.25) is 0 Å². The number of allylic oxidation sites excluding steroid dienone is 1. The molecule has 0 aliphatic heterocycles. The molecule has 0 aromatic heterocycles. The molecule has 0 saturated heterocycles. The monoisotopic (exact) mass is 314 g/mol. The van der Waals surface area contributed by atoms with Gasteiger partial charge in [0.1, 0.15) is 0 Å². The molecule has 1 heteroatoms. The highest BCUT2D eigenvalue weighted by Gasteiger charge is 2.64. The molecule has 0 aromatic rings. The van der Waals surface area contributed by atoms with Gasteiger partial charge in [0.15, 0.2) is 0 Å². The van der Waals surface area contributed by atoms with Crippen molar-refractivity contribution >= 4 is 0 Å². The van der Waals surface area contributed by atoms with E-state index in [1.54, 1.807) is 11.6 Å². The molecule has 0 amide bonds. The zero-order valence-electron chi connectivity index (χ0n) is 15.1. The molecule has 128 valence electrons. The summed E-state index contributed by atoms with van der Waals surface area (Å²) in [6, 6.07) is 0. The van der Waals surface area contributed by atoms with Gasteiger partial charge in [0.2, 0.25) is 0 Å². The van der Waals surface area contributed by atoms with Gasteiger partial charge in [-0.1, -0.05) is 38.5 Å². The lowest BCUT2D eigenvalue weighted by Gasteiger charge is -2.65. The van der Waals surface area contributed by atoms with E-state index in [9.17, 15) is 5.11 Å². The maximum absolute atomic E-state index is 10.7. The summed E-state index contributed by atoms with van der Waals surface area (Å²) in [6.07, 6.45) is 13.4. The first-order valence-corrected chi connectivity index (χ1v) is 9.84. The van der Waals surface area contributed by atoms with Crippen molar-refractivity contribution in [3.63, 3.8) is 0 Å². The Morgan fingerprint density at radius 3 is 2.65 bits per heavy atom. The van der Waals surface area contributed by atoms with Crippen LogP contribution in [0, 0.1) is 34.0 Å². The van der Waals surface area contributed by atoms with Gasteiger partial charge in [-0.2, -0.15) is 0 Å². The quantitative estimate of drug-likeness (QED) is 0.667. The summed E-state index contributed by atoms with van der Waals surface area (Å²) in [6.45, 7) is 13.3. The average Bonchev–Trinajstić information content (AvgIpc) is 2.75. The molecule has 7 atom stereocenters. The normalized spacial score (nSPS) is 53.3. The molecule has 0 aromatic carbocycles. The van der Waals surface area contributed by atoms with E-state index in [0.717, 1.165) is 18.3 Å². The van der Waals surface area contributed by atoms with Crippen molar-refractivity contribution in [1.82, 2.24) is 0 Å². The maximum Gasteiger partial charge on any atom is 0.0774 e. The average molecular weight is 315 g/mol. The first kappa shape index (κ1) is 15.9. The minimum absolute atomic E-state index is 0.0306. The molecule has 1 spiro atoms. The minimum Gasteiger partial charge on any atom is -0.388 e. The second kappa shape index (κ2) is 4.97. The number of fused-ring (bicyclic) bond motifs is 3. The van der Waals surface area contributed by atoms with Gasteiger partial charge in [-0.15, -0.1) is 6.58 Å². The van der Waals surface area contributed by atoms with E-state index in [-0.39, 0.29) is 11.5 Å². The Labute approximate surface area is 142 Å². The van der Waals surface area contributed by atoms with Crippen molar-refractivity contribution in [2.24, 2.45) is 34.0 Å². The third kappa shape index (κ3) is 1.95. The van der Waals surface area contributed by atoms with Crippen molar-refractivity contribution in [3.8, 4) is 0 Å². The van der Waals surface area contributed by atoms with Crippen LogP contribution in [-0.4, -0.2) is 11.2 Å². The van der Waals surface area contributed by atoms with Gasteiger partial charge >= 0.3 is 0 Å². The topological polar surface area (TPSA) is 20.2 Å². The summed E-state index contributed by atoms with van der Waals surface area (Å²) in [4.78, 5) is 0. The smallest absolute Gasteiger partial charge is 0.0774 e. The lowest BCUT2D eigenvalue weighted by Crippen LogP contribution is -2.58. The number of rotatable bonds is 2. The largest absolute Gasteiger partial charge is 0.388 e. The van der Waals surface area contributed by atoms with Gasteiger partial charge in [0.05, 0.1) is 6.10 Å². The van der Waals surface area contributed by atoms with Crippen LogP contribution >= 0.6 is 0 Å². The fraction of sp³-hybridized carbons (Fsp3) is 0.818. The number of aliphatic hydroxyl groups excluding tert-OH is 1. The number of hydrogen-bond donors (Lipinski definition) is 1. The second-order valence-electron chi connectivity index (χ2n) is 9.87. The molecular weight excluding hydrogens is 280 g/mol. The third-order valence-electron chi connectivity index (χ3n) is 9.00. The molecule has 23 heavy (non-hydrogen) atoms.